The van der Waals surface area contributed by atoms with E-state index in [1.54, 1.807) is 0 Å². The van der Waals surface area contributed by atoms with Gasteiger partial charge in [0.1, 0.15) is 0 Å². The summed E-state index contributed by atoms with van der Waals surface area (Å²) in [6.45, 7) is 4.06. The van der Waals surface area contributed by atoms with Crippen molar-refractivity contribution in [3.8, 4) is 0 Å². The van der Waals surface area contributed by atoms with E-state index in [4.69, 9.17) is 0 Å². The van der Waals surface area contributed by atoms with Gasteiger partial charge in [-0.2, -0.15) is 0 Å². The van der Waals surface area contributed by atoms with Crippen LogP contribution in [0.5, 0.6) is 0 Å². The van der Waals surface area contributed by atoms with Crippen LogP contribution in [0.25, 0.3) is 0 Å². The molecular formula is C8H21NO. The van der Waals surface area contributed by atoms with Crippen molar-refractivity contribution >= 4 is 0 Å². The molecule has 2 heteroatoms. The van der Waals surface area contributed by atoms with Gasteiger partial charge in [-0.05, 0) is 19.9 Å². The number of hydrogen-bond donors (Lipinski definition) is 2. The number of likely N-dealkylation sites (N-methyl/N-ethyl adjacent to an activating group) is 1. The Morgan fingerprint density at radius 3 is 1.90 bits per heavy atom. The SMILES string of the molecule is C.CC[C@@H](O)[C@H](CC)NC. The van der Waals surface area contributed by atoms with E-state index in [0.29, 0.717) is 0 Å². The molecule has 2 atom stereocenters. The molecule has 10 heavy (non-hydrogen) atoms. The summed E-state index contributed by atoms with van der Waals surface area (Å²) >= 11 is 0. The average Bonchev–Trinajstić information content (AvgIpc) is 1.90. The zero-order valence-corrected chi connectivity index (χ0v) is 6.52. The minimum Gasteiger partial charge on any atom is -0.392 e. The standard InChI is InChI=1S/C7H17NO.CH4/c1-4-6(8-3)7(9)5-2;/h6-9H,4-5H2,1-3H3;1H4/t6-,7+;/m0./s1. The first-order chi connectivity index (χ1) is 4.26. The van der Waals surface area contributed by atoms with Gasteiger partial charge in [0.05, 0.1) is 6.10 Å². The molecular weight excluding hydrogens is 126 g/mol. The van der Waals surface area contributed by atoms with Crippen LogP contribution < -0.4 is 5.32 Å². The molecule has 64 valence electrons. The lowest BCUT2D eigenvalue weighted by molar-refractivity contribution is 0.125. The second-order valence-corrected chi connectivity index (χ2v) is 2.28. The van der Waals surface area contributed by atoms with E-state index >= 15 is 0 Å². The zero-order valence-electron chi connectivity index (χ0n) is 6.52. The zero-order chi connectivity index (χ0) is 7.28. The molecule has 0 aromatic rings. The summed E-state index contributed by atoms with van der Waals surface area (Å²) in [5, 5.41) is 12.3. The lowest BCUT2D eigenvalue weighted by Gasteiger charge is -2.18. The Balaban J connectivity index is 0. The molecule has 0 aromatic heterocycles. The van der Waals surface area contributed by atoms with Crippen molar-refractivity contribution in [3.63, 3.8) is 0 Å². The Morgan fingerprint density at radius 2 is 1.80 bits per heavy atom. The van der Waals surface area contributed by atoms with Crippen LogP contribution in [0, 0.1) is 0 Å². The molecule has 0 radical (unpaired) electrons. The summed E-state index contributed by atoms with van der Waals surface area (Å²) in [6, 6.07) is 0.273. The molecule has 0 amide bonds. The van der Waals surface area contributed by atoms with Crippen LogP contribution >= 0.6 is 0 Å². The van der Waals surface area contributed by atoms with Gasteiger partial charge in [-0.25, -0.2) is 0 Å². The maximum atomic E-state index is 9.26. The van der Waals surface area contributed by atoms with Gasteiger partial charge in [-0.1, -0.05) is 21.3 Å². The highest BCUT2D eigenvalue weighted by molar-refractivity contribution is 4.70. The minimum absolute atomic E-state index is 0. The van der Waals surface area contributed by atoms with Gasteiger partial charge >= 0.3 is 0 Å². The molecule has 0 saturated carbocycles. The van der Waals surface area contributed by atoms with Crippen LogP contribution in [0.4, 0.5) is 0 Å². The van der Waals surface area contributed by atoms with Gasteiger partial charge in [0, 0.05) is 6.04 Å². The summed E-state index contributed by atoms with van der Waals surface area (Å²) in [5.74, 6) is 0. The number of hydrogen-bond acceptors (Lipinski definition) is 2. The maximum Gasteiger partial charge on any atom is 0.0690 e. The first-order valence-corrected chi connectivity index (χ1v) is 3.61. The van der Waals surface area contributed by atoms with E-state index in [2.05, 4.69) is 12.2 Å². The van der Waals surface area contributed by atoms with Gasteiger partial charge in [0.2, 0.25) is 0 Å². The Hall–Kier alpha value is -0.0800. The molecule has 0 unspecified atom stereocenters. The van der Waals surface area contributed by atoms with Gasteiger partial charge < -0.3 is 10.4 Å². The van der Waals surface area contributed by atoms with Crippen LogP contribution in [0.1, 0.15) is 34.1 Å². The lowest BCUT2D eigenvalue weighted by Crippen LogP contribution is -2.36. The first-order valence-electron chi connectivity index (χ1n) is 3.61. The predicted molar refractivity (Wildman–Crippen MR) is 46.2 cm³/mol. The van der Waals surface area contributed by atoms with Crippen LogP contribution in [0.15, 0.2) is 0 Å². The number of aliphatic hydroxyl groups excluding tert-OH is 1. The molecule has 0 rings (SSSR count). The molecule has 0 aromatic carbocycles. The van der Waals surface area contributed by atoms with E-state index in [9.17, 15) is 5.11 Å². The molecule has 0 aliphatic carbocycles. The molecule has 0 spiro atoms. The van der Waals surface area contributed by atoms with Crippen LogP contribution in [0.3, 0.4) is 0 Å². The lowest BCUT2D eigenvalue weighted by atomic mass is 10.1. The monoisotopic (exact) mass is 147 g/mol. The largest absolute Gasteiger partial charge is 0.392 e. The molecule has 0 aliphatic rings. The van der Waals surface area contributed by atoms with Crippen molar-refractivity contribution < 1.29 is 5.11 Å². The summed E-state index contributed by atoms with van der Waals surface area (Å²) < 4.78 is 0. The van der Waals surface area contributed by atoms with E-state index in [-0.39, 0.29) is 19.6 Å². The van der Waals surface area contributed by atoms with Crippen molar-refractivity contribution in [1.82, 2.24) is 5.32 Å². The highest BCUT2D eigenvalue weighted by atomic mass is 16.3. The van der Waals surface area contributed by atoms with E-state index in [1.165, 1.54) is 0 Å². The Labute approximate surface area is 64.6 Å². The first kappa shape index (κ1) is 12.6. The molecule has 0 heterocycles. The molecule has 0 aliphatic heterocycles. The highest BCUT2D eigenvalue weighted by Gasteiger charge is 2.11. The third-order valence-corrected chi connectivity index (χ3v) is 1.69. The molecule has 2 N–H and O–H groups in total. The van der Waals surface area contributed by atoms with Crippen LogP contribution in [-0.4, -0.2) is 24.3 Å². The van der Waals surface area contributed by atoms with Crippen LogP contribution in [0.2, 0.25) is 0 Å². The summed E-state index contributed by atoms with van der Waals surface area (Å²) in [6.07, 6.45) is 1.64. The molecule has 0 fully saturated rings. The molecule has 2 nitrogen and oxygen atoms in total. The number of nitrogens with one attached hydrogen (secondary N) is 1. The van der Waals surface area contributed by atoms with Crippen molar-refractivity contribution in [2.45, 2.75) is 46.3 Å². The molecule has 0 bridgehead atoms. The fourth-order valence-electron chi connectivity index (χ4n) is 0.953. The summed E-state index contributed by atoms with van der Waals surface area (Å²) in [7, 11) is 1.88. The highest BCUT2D eigenvalue weighted by Crippen LogP contribution is 2.00. The third-order valence-electron chi connectivity index (χ3n) is 1.69. The van der Waals surface area contributed by atoms with E-state index in [0.717, 1.165) is 12.8 Å². The second-order valence-electron chi connectivity index (χ2n) is 2.28. The fraction of sp³-hybridized carbons (Fsp3) is 1.00. The Kier molecular flexibility index (Phi) is 8.85. The van der Waals surface area contributed by atoms with Crippen molar-refractivity contribution in [1.29, 1.82) is 0 Å². The van der Waals surface area contributed by atoms with Gasteiger partial charge in [-0.15, -0.1) is 0 Å². The Morgan fingerprint density at radius 1 is 1.30 bits per heavy atom. The topological polar surface area (TPSA) is 32.3 Å². The summed E-state index contributed by atoms with van der Waals surface area (Å²) in [5.41, 5.74) is 0. The number of rotatable bonds is 4. The van der Waals surface area contributed by atoms with Crippen LogP contribution in [-0.2, 0) is 0 Å². The normalized spacial score (nSPS) is 15.6. The molecule has 0 saturated heterocycles. The third kappa shape index (κ3) is 3.85. The van der Waals surface area contributed by atoms with E-state index in [1.807, 2.05) is 14.0 Å². The van der Waals surface area contributed by atoms with Crippen molar-refractivity contribution in [2.24, 2.45) is 0 Å². The van der Waals surface area contributed by atoms with Gasteiger partial charge in [-0.3, -0.25) is 0 Å². The Bertz CT molecular complexity index is 62.3. The van der Waals surface area contributed by atoms with Crippen molar-refractivity contribution in [2.75, 3.05) is 7.05 Å². The van der Waals surface area contributed by atoms with Gasteiger partial charge in [0.15, 0.2) is 0 Å². The maximum absolute atomic E-state index is 9.26. The van der Waals surface area contributed by atoms with Crippen molar-refractivity contribution in [3.05, 3.63) is 0 Å². The number of aliphatic hydroxyl groups is 1. The quantitative estimate of drug-likeness (QED) is 0.630. The average molecular weight is 147 g/mol. The fourth-order valence-corrected chi connectivity index (χ4v) is 0.953. The second kappa shape index (κ2) is 7.03. The predicted octanol–water partition coefficient (Wildman–Crippen LogP) is 1.39. The summed E-state index contributed by atoms with van der Waals surface area (Å²) in [4.78, 5) is 0. The van der Waals surface area contributed by atoms with E-state index < -0.39 is 0 Å². The smallest absolute Gasteiger partial charge is 0.0690 e. The van der Waals surface area contributed by atoms with Gasteiger partial charge in [0.25, 0.3) is 0 Å². The minimum atomic E-state index is -0.181.